The Bertz CT molecular complexity index is 1340. The lowest BCUT2D eigenvalue weighted by atomic mass is 9.82. The van der Waals surface area contributed by atoms with Crippen LogP contribution in [0.2, 0.25) is 0 Å². The van der Waals surface area contributed by atoms with Crippen molar-refractivity contribution in [2.45, 2.75) is 142 Å². The van der Waals surface area contributed by atoms with Gasteiger partial charge in [0.05, 0.1) is 22.1 Å². The number of rotatable bonds is 11. The van der Waals surface area contributed by atoms with Gasteiger partial charge >= 0.3 is 6.03 Å². The number of likely N-dealkylation sites (tertiary alicyclic amines) is 1. The molecule has 0 aromatic carbocycles. The number of hydrogen-bond donors (Lipinski definition) is 4. The molecule has 3 fully saturated rings. The number of amides is 5. The van der Waals surface area contributed by atoms with Crippen LogP contribution in [0.1, 0.15) is 114 Å². The molecule has 0 bridgehead atoms. The first-order valence-electron chi connectivity index (χ1n) is 16.6. The zero-order valence-electron chi connectivity index (χ0n) is 29.5. The van der Waals surface area contributed by atoms with Gasteiger partial charge in [-0.25, -0.2) is 13.2 Å². The van der Waals surface area contributed by atoms with Crippen LogP contribution in [0.15, 0.2) is 0 Å². The van der Waals surface area contributed by atoms with E-state index in [1.165, 1.54) is 4.90 Å². The van der Waals surface area contributed by atoms with Crippen LogP contribution in [0.3, 0.4) is 0 Å². The zero-order chi connectivity index (χ0) is 35.3. The number of carbonyl (C=O) groups is 5. The van der Waals surface area contributed by atoms with E-state index in [0.717, 1.165) is 19.3 Å². The first kappa shape index (κ1) is 37.8. The quantitative estimate of drug-likeness (QED) is 0.244. The highest BCUT2D eigenvalue weighted by atomic mass is 32.2. The van der Waals surface area contributed by atoms with Crippen LogP contribution in [0, 0.1) is 22.7 Å². The van der Waals surface area contributed by atoms with Gasteiger partial charge in [-0.2, -0.15) is 0 Å². The summed E-state index contributed by atoms with van der Waals surface area (Å²) in [4.78, 5) is 68.0. The van der Waals surface area contributed by atoms with Gasteiger partial charge in [0.2, 0.25) is 17.6 Å². The molecule has 1 aliphatic heterocycles. The SMILES string of the molecule is CCCC(NC(=O)C1(C)C2C(CN1C(=O)[C@@H](NC(=O)NC1(CS(=O)(=O)C(C)(C)C)CCCCC1)C(C)(C)C)C2(C)C)C(=O)C(N)=O. The summed E-state index contributed by atoms with van der Waals surface area (Å²) in [6, 6.07) is -2.80. The van der Waals surface area contributed by atoms with Crippen LogP contribution < -0.4 is 21.7 Å². The van der Waals surface area contributed by atoms with Crippen molar-refractivity contribution in [1.82, 2.24) is 20.9 Å². The summed E-state index contributed by atoms with van der Waals surface area (Å²) in [5.41, 5.74) is 1.92. The molecular formula is C33H57N5O7S. The molecule has 2 saturated carbocycles. The summed E-state index contributed by atoms with van der Waals surface area (Å²) in [5, 5.41) is 8.59. The second kappa shape index (κ2) is 12.7. The molecule has 1 heterocycles. The van der Waals surface area contributed by atoms with Crippen molar-refractivity contribution in [2.75, 3.05) is 12.3 Å². The molecule has 3 aliphatic rings. The van der Waals surface area contributed by atoms with Crippen molar-refractivity contribution in [3.05, 3.63) is 0 Å². The number of urea groups is 1. The maximum Gasteiger partial charge on any atom is 0.315 e. The number of ketones is 1. The minimum Gasteiger partial charge on any atom is -0.363 e. The van der Waals surface area contributed by atoms with Crippen LogP contribution in [0.4, 0.5) is 4.79 Å². The molecule has 5 N–H and O–H groups in total. The third-order valence-electron chi connectivity index (χ3n) is 10.7. The Hall–Kier alpha value is -2.70. The predicted molar refractivity (Wildman–Crippen MR) is 176 cm³/mol. The largest absolute Gasteiger partial charge is 0.363 e. The summed E-state index contributed by atoms with van der Waals surface area (Å²) in [6.07, 6.45) is 4.25. The standard InChI is InChI=1S/C33H57N5O7S/c1-11-15-21(22(39)25(34)40)35-27(42)32(10)23-20(31(23,8)9)18-38(32)26(41)24(29(2,3)4)36-28(43)37-33(16-13-12-14-17-33)19-46(44,45)30(5,6)7/h20-21,23-24H,11-19H2,1-10H3,(H2,34,40)(H,35,42)(H2,36,37,43)/t20?,21?,23?,24-,32?/m1/s1. The van der Waals surface area contributed by atoms with Crippen molar-refractivity contribution >= 4 is 39.4 Å². The molecular weight excluding hydrogens is 610 g/mol. The van der Waals surface area contributed by atoms with Crippen LogP contribution in [0.25, 0.3) is 0 Å². The Balaban J connectivity index is 1.91. The van der Waals surface area contributed by atoms with E-state index < -0.39 is 72.7 Å². The summed E-state index contributed by atoms with van der Waals surface area (Å²) < 4.78 is 25.6. The average Bonchev–Trinajstić information content (AvgIpc) is 3.28. The Kier molecular flexibility index (Phi) is 10.4. The molecule has 13 heteroatoms. The minimum absolute atomic E-state index is 0.0197. The van der Waals surface area contributed by atoms with Crippen LogP contribution >= 0.6 is 0 Å². The molecule has 2 aliphatic carbocycles. The lowest BCUT2D eigenvalue weighted by Crippen LogP contribution is -2.67. The highest BCUT2D eigenvalue weighted by Gasteiger charge is 2.75. The summed E-state index contributed by atoms with van der Waals surface area (Å²) in [7, 11) is -3.57. The molecule has 3 rings (SSSR count). The molecule has 0 spiro atoms. The maximum absolute atomic E-state index is 14.5. The second-order valence-electron chi connectivity index (χ2n) is 16.7. The van der Waals surface area contributed by atoms with E-state index in [9.17, 15) is 32.4 Å². The molecule has 4 unspecified atom stereocenters. The minimum atomic E-state index is -3.57. The first-order chi connectivity index (χ1) is 20.9. The number of hydrogen-bond acceptors (Lipinski definition) is 7. The van der Waals surface area contributed by atoms with E-state index >= 15 is 0 Å². The smallest absolute Gasteiger partial charge is 0.315 e. The first-order valence-corrected chi connectivity index (χ1v) is 18.3. The number of fused-ring (bicyclic) bond motifs is 1. The Labute approximate surface area is 275 Å². The van der Waals surface area contributed by atoms with Crippen molar-refractivity contribution < 1.29 is 32.4 Å². The molecule has 12 nitrogen and oxygen atoms in total. The second-order valence-corrected chi connectivity index (χ2v) is 19.4. The number of nitrogens with zero attached hydrogens (tertiary/aromatic N) is 1. The zero-order valence-corrected chi connectivity index (χ0v) is 30.3. The van der Waals surface area contributed by atoms with E-state index in [0.29, 0.717) is 19.3 Å². The summed E-state index contributed by atoms with van der Waals surface area (Å²) >= 11 is 0. The average molecular weight is 668 g/mol. The van der Waals surface area contributed by atoms with E-state index in [1.54, 1.807) is 27.7 Å². The van der Waals surface area contributed by atoms with Crippen LogP contribution in [-0.2, 0) is 29.0 Å². The fourth-order valence-electron chi connectivity index (χ4n) is 7.70. The van der Waals surface area contributed by atoms with Gasteiger partial charge < -0.3 is 26.6 Å². The summed E-state index contributed by atoms with van der Waals surface area (Å²) in [6.45, 7) is 18.3. The topological polar surface area (TPSA) is 185 Å². The molecule has 5 amide bonds. The highest BCUT2D eigenvalue weighted by molar-refractivity contribution is 7.92. The van der Waals surface area contributed by atoms with Gasteiger partial charge in [-0.1, -0.05) is 67.2 Å². The molecule has 46 heavy (non-hydrogen) atoms. The van der Waals surface area contributed by atoms with Crippen molar-refractivity contribution in [3.8, 4) is 0 Å². The number of nitrogens with one attached hydrogen (secondary N) is 3. The van der Waals surface area contributed by atoms with Gasteiger partial charge in [0, 0.05) is 12.5 Å². The number of nitrogens with two attached hydrogens (primary N) is 1. The van der Waals surface area contributed by atoms with Gasteiger partial charge in [-0.05, 0) is 63.7 Å². The maximum atomic E-state index is 14.5. The highest BCUT2D eigenvalue weighted by Crippen LogP contribution is 2.68. The molecule has 5 atom stereocenters. The molecule has 1 saturated heterocycles. The van der Waals surface area contributed by atoms with Gasteiger partial charge in [-0.3, -0.25) is 19.2 Å². The number of primary amides is 1. The van der Waals surface area contributed by atoms with Gasteiger partial charge in [0.1, 0.15) is 11.6 Å². The fraction of sp³-hybridized carbons (Fsp3) is 0.848. The van der Waals surface area contributed by atoms with E-state index in [1.807, 2.05) is 41.5 Å². The van der Waals surface area contributed by atoms with Crippen molar-refractivity contribution in [3.63, 3.8) is 0 Å². The Morgan fingerprint density at radius 2 is 1.50 bits per heavy atom. The monoisotopic (exact) mass is 667 g/mol. The molecule has 0 aromatic heterocycles. The van der Waals surface area contributed by atoms with E-state index in [4.69, 9.17) is 5.73 Å². The number of carbonyl (C=O) groups excluding carboxylic acids is 5. The Morgan fingerprint density at radius 3 is 1.98 bits per heavy atom. The van der Waals surface area contributed by atoms with Crippen molar-refractivity contribution in [1.29, 1.82) is 0 Å². The van der Waals surface area contributed by atoms with E-state index in [-0.39, 0.29) is 36.0 Å². The third kappa shape index (κ3) is 7.23. The number of sulfone groups is 1. The molecule has 262 valence electrons. The van der Waals surface area contributed by atoms with Gasteiger partial charge in [-0.15, -0.1) is 0 Å². The lowest BCUT2D eigenvalue weighted by Gasteiger charge is -2.44. The normalized spacial score (nSPS) is 26.7. The molecule has 0 aromatic rings. The van der Waals surface area contributed by atoms with E-state index in [2.05, 4.69) is 16.0 Å². The number of piperidine rings is 1. The summed E-state index contributed by atoms with van der Waals surface area (Å²) in [5.74, 6) is -3.41. The number of Topliss-reactive ketones (excluding diaryl/α,β-unsaturated/α-hetero) is 1. The van der Waals surface area contributed by atoms with Crippen molar-refractivity contribution in [2.24, 2.45) is 28.4 Å². The fourth-order valence-corrected chi connectivity index (χ4v) is 9.22. The van der Waals surface area contributed by atoms with Gasteiger partial charge in [0.15, 0.2) is 9.84 Å². The predicted octanol–water partition coefficient (Wildman–Crippen LogP) is 2.83. The lowest BCUT2D eigenvalue weighted by molar-refractivity contribution is -0.151. The Morgan fingerprint density at radius 1 is 0.935 bits per heavy atom. The molecule has 0 radical (unpaired) electrons. The van der Waals surface area contributed by atoms with Crippen LogP contribution in [-0.4, -0.2) is 83.1 Å². The van der Waals surface area contributed by atoms with Gasteiger partial charge in [0.25, 0.3) is 5.91 Å². The third-order valence-corrected chi connectivity index (χ3v) is 13.5. The van der Waals surface area contributed by atoms with Crippen LogP contribution in [0.5, 0.6) is 0 Å².